The lowest BCUT2D eigenvalue weighted by molar-refractivity contribution is -0.321. The zero-order valence-electron chi connectivity index (χ0n) is 20.0. The third-order valence-electron chi connectivity index (χ3n) is 9.17. The van der Waals surface area contributed by atoms with Gasteiger partial charge in [-0.05, 0) is 62.2 Å². The molecule has 5 fully saturated rings. The molecule has 2 aliphatic carbocycles. The molecule has 3 aliphatic heterocycles. The molecule has 3 amide bonds. The average molecular weight is 516 g/mol. The van der Waals surface area contributed by atoms with Crippen LogP contribution in [0.4, 0.5) is 13.2 Å². The van der Waals surface area contributed by atoms with Gasteiger partial charge in [0.2, 0.25) is 11.8 Å². The summed E-state index contributed by atoms with van der Waals surface area (Å²) in [5, 5.41) is 2.67. The normalized spacial score (nSPS) is 35.6. The topological polar surface area (TPSA) is 128 Å². The highest BCUT2D eigenvalue weighted by molar-refractivity contribution is 5.99. The van der Waals surface area contributed by atoms with Crippen molar-refractivity contribution in [2.24, 2.45) is 34.8 Å². The number of primary amides is 1. The quantitative estimate of drug-likeness (QED) is 0.501. The third-order valence-corrected chi connectivity index (χ3v) is 9.17. The van der Waals surface area contributed by atoms with Gasteiger partial charge >= 0.3 is 6.36 Å². The van der Waals surface area contributed by atoms with Crippen molar-refractivity contribution in [1.29, 1.82) is 0 Å². The highest BCUT2D eigenvalue weighted by Crippen LogP contribution is 2.57. The fourth-order valence-corrected chi connectivity index (χ4v) is 7.24. The number of rotatable bonds is 8. The fraction of sp³-hybridized carbons (Fsp3) is 0.833. The predicted molar refractivity (Wildman–Crippen MR) is 117 cm³/mol. The van der Waals surface area contributed by atoms with E-state index in [1.165, 1.54) is 4.90 Å². The van der Waals surface area contributed by atoms with Crippen molar-refractivity contribution in [3.05, 3.63) is 0 Å². The molecule has 0 bridgehead atoms. The molecule has 0 aromatic carbocycles. The Hall–Kier alpha value is -2.21. The standard InChI is InChI=1S/C24H32F3N3O6/c25-24(26,27)36-11-17(31)16(8-13-4-7-29-19(13)32)23(21(28)34)15-3-1-2-14(15)10-30(23)20(33)18-9-22(5-6-22)12-35-18/h13-16,18H,1-12H2,(H2,28,34)(H,29,32)/t13-,14?,15?,16-,18?,23?/m1/s1. The lowest BCUT2D eigenvalue weighted by Crippen LogP contribution is -2.67. The molecule has 5 rings (SSSR count). The first-order chi connectivity index (χ1) is 17.0. The second-order valence-electron chi connectivity index (χ2n) is 11.2. The van der Waals surface area contributed by atoms with E-state index in [0.717, 1.165) is 19.3 Å². The van der Waals surface area contributed by atoms with Gasteiger partial charge in [-0.15, -0.1) is 13.2 Å². The van der Waals surface area contributed by atoms with E-state index in [1.54, 1.807) is 0 Å². The number of likely N-dealkylation sites (tertiary alicyclic amines) is 1. The third kappa shape index (κ3) is 4.29. The molecule has 5 aliphatic rings. The maximum atomic E-state index is 13.9. The van der Waals surface area contributed by atoms with Crippen LogP contribution in [0, 0.1) is 29.1 Å². The van der Waals surface area contributed by atoms with E-state index in [-0.39, 0.29) is 30.2 Å². The first-order valence-electron chi connectivity index (χ1n) is 12.7. The van der Waals surface area contributed by atoms with E-state index in [2.05, 4.69) is 10.1 Å². The Morgan fingerprint density at radius 3 is 2.56 bits per heavy atom. The molecule has 3 saturated heterocycles. The monoisotopic (exact) mass is 515 g/mol. The van der Waals surface area contributed by atoms with Crippen molar-refractivity contribution in [1.82, 2.24) is 10.2 Å². The number of hydrogen-bond acceptors (Lipinski definition) is 6. The fourth-order valence-electron chi connectivity index (χ4n) is 7.24. The van der Waals surface area contributed by atoms with E-state index in [9.17, 15) is 32.3 Å². The number of amides is 3. The van der Waals surface area contributed by atoms with Crippen molar-refractivity contribution in [3.8, 4) is 0 Å². The lowest BCUT2D eigenvalue weighted by Gasteiger charge is -2.45. The number of carbonyl (C=O) groups excluding carboxylic acids is 4. The van der Waals surface area contributed by atoms with Crippen molar-refractivity contribution in [2.45, 2.75) is 69.4 Å². The maximum Gasteiger partial charge on any atom is 0.522 e. The molecule has 3 N–H and O–H groups in total. The van der Waals surface area contributed by atoms with Crippen LogP contribution in [0.3, 0.4) is 0 Å². The first kappa shape index (κ1) is 25.4. The number of ether oxygens (including phenoxy) is 2. The highest BCUT2D eigenvalue weighted by atomic mass is 19.4. The highest BCUT2D eigenvalue weighted by Gasteiger charge is 2.67. The average Bonchev–Trinajstić information content (AvgIpc) is 3.18. The minimum Gasteiger partial charge on any atom is -0.368 e. The Morgan fingerprint density at radius 2 is 1.97 bits per heavy atom. The number of carbonyl (C=O) groups is 4. The summed E-state index contributed by atoms with van der Waals surface area (Å²) in [5.74, 6) is -5.38. The molecular formula is C24H32F3N3O6. The summed E-state index contributed by atoms with van der Waals surface area (Å²) in [6.07, 6.45) is -1.27. The van der Waals surface area contributed by atoms with Crippen molar-refractivity contribution in [3.63, 3.8) is 0 Å². The van der Waals surface area contributed by atoms with Gasteiger partial charge < -0.3 is 20.7 Å². The van der Waals surface area contributed by atoms with Gasteiger partial charge in [-0.25, -0.2) is 0 Å². The van der Waals surface area contributed by atoms with Crippen molar-refractivity contribution >= 4 is 23.5 Å². The van der Waals surface area contributed by atoms with E-state index in [1.807, 2.05) is 0 Å². The number of ketones is 1. The first-order valence-corrected chi connectivity index (χ1v) is 12.7. The minimum atomic E-state index is -5.05. The number of hydrogen-bond donors (Lipinski definition) is 2. The molecule has 12 heteroatoms. The van der Waals surface area contributed by atoms with Crippen molar-refractivity contribution < 1.29 is 41.8 Å². The summed E-state index contributed by atoms with van der Waals surface area (Å²) in [7, 11) is 0. The summed E-state index contributed by atoms with van der Waals surface area (Å²) in [6, 6.07) is 0. The molecule has 1 spiro atoms. The molecule has 0 aromatic heterocycles. The minimum absolute atomic E-state index is 0.0248. The van der Waals surface area contributed by atoms with Crippen LogP contribution in [0.2, 0.25) is 0 Å². The zero-order chi connectivity index (χ0) is 25.9. The molecule has 2 saturated carbocycles. The van der Waals surface area contributed by atoms with Crippen LogP contribution in [0.5, 0.6) is 0 Å². The second kappa shape index (κ2) is 8.97. The number of nitrogens with one attached hydrogen (secondary N) is 1. The van der Waals surface area contributed by atoms with Gasteiger partial charge in [0, 0.05) is 19.0 Å². The summed E-state index contributed by atoms with van der Waals surface area (Å²) >= 11 is 0. The molecule has 36 heavy (non-hydrogen) atoms. The number of Topliss-reactive ketones (excluding diaryl/α,β-unsaturated/α-hetero) is 1. The Kier molecular flexibility index (Phi) is 6.34. The van der Waals surface area contributed by atoms with Gasteiger partial charge in [-0.3, -0.25) is 23.9 Å². The molecule has 9 nitrogen and oxygen atoms in total. The van der Waals surface area contributed by atoms with Crippen LogP contribution in [0.1, 0.15) is 51.4 Å². The van der Waals surface area contributed by atoms with Crippen LogP contribution in [-0.4, -0.2) is 72.7 Å². The van der Waals surface area contributed by atoms with Crippen LogP contribution in [-0.2, 0) is 28.7 Å². The number of fused-ring (bicyclic) bond motifs is 1. The van der Waals surface area contributed by atoms with E-state index >= 15 is 0 Å². The Balaban J connectivity index is 1.53. The molecular weight excluding hydrogens is 483 g/mol. The Labute approximate surface area is 206 Å². The Bertz CT molecular complexity index is 954. The molecule has 0 aromatic rings. The number of nitrogens with two attached hydrogens (primary N) is 1. The molecule has 4 unspecified atom stereocenters. The van der Waals surface area contributed by atoms with Crippen molar-refractivity contribution in [2.75, 3.05) is 26.3 Å². The number of alkyl halides is 3. The summed E-state index contributed by atoms with van der Waals surface area (Å²) in [4.78, 5) is 54.5. The molecule has 3 heterocycles. The summed E-state index contributed by atoms with van der Waals surface area (Å²) < 4.78 is 48.3. The molecule has 200 valence electrons. The van der Waals surface area contributed by atoms with Gasteiger partial charge in [0.25, 0.3) is 5.91 Å². The van der Waals surface area contributed by atoms with Gasteiger partial charge in [0.05, 0.1) is 12.5 Å². The largest absolute Gasteiger partial charge is 0.522 e. The SMILES string of the molecule is NC(=O)C1([C@H](C[C@H]2CCNC2=O)C(=O)COC(F)(F)F)C2CCCC2CN1C(=O)C1CC2(CC2)CO1. The molecule has 6 atom stereocenters. The van der Waals surface area contributed by atoms with Crippen LogP contribution in [0.25, 0.3) is 0 Å². The van der Waals surface area contributed by atoms with Crippen LogP contribution < -0.4 is 11.1 Å². The summed E-state index contributed by atoms with van der Waals surface area (Å²) in [5.41, 5.74) is 4.16. The number of halogens is 3. The lowest BCUT2D eigenvalue weighted by atomic mass is 9.67. The van der Waals surface area contributed by atoms with E-state index in [0.29, 0.717) is 38.8 Å². The van der Waals surface area contributed by atoms with Gasteiger partial charge in [0.15, 0.2) is 5.78 Å². The zero-order valence-corrected chi connectivity index (χ0v) is 20.0. The van der Waals surface area contributed by atoms with Gasteiger partial charge in [-0.2, -0.15) is 0 Å². The second-order valence-corrected chi connectivity index (χ2v) is 11.2. The predicted octanol–water partition coefficient (Wildman–Crippen LogP) is 1.29. The van der Waals surface area contributed by atoms with Crippen LogP contribution >= 0.6 is 0 Å². The van der Waals surface area contributed by atoms with E-state index < -0.39 is 60.0 Å². The van der Waals surface area contributed by atoms with Crippen LogP contribution in [0.15, 0.2) is 0 Å². The van der Waals surface area contributed by atoms with E-state index in [4.69, 9.17) is 10.5 Å². The Morgan fingerprint density at radius 1 is 1.22 bits per heavy atom. The summed E-state index contributed by atoms with van der Waals surface area (Å²) in [6.45, 7) is -0.336. The maximum absolute atomic E-state index is 13.9. The number of nitrogens with zero attached hydrogens (tertiary/aromatic N) is 1. The smallest absolute Gasteiger partial charge is 0.368 e. The van der Waals surface area contributed by atoms with Gasteiger partial charge in [0.1, 0.15) is 18.2 Å². The molecule has 0 radical (unpaired) electrons. The van der Waals surface area contributed by atoms with Gasteiger partial charge in [-0.1, -0.05) is 6.42 Å².